The Balaban J connectivity index is 1.94. The van der Waals surface area contributed by atoms with Gasteiger partial charge in [-0.3, -0.25) is 9.78 Å². The van der Waals surface area contributed by atoms with Crippen molar-refractivity contribution in [2.75, 3.05) is 11.4 Å². The lowest BCUT2D eigenvalue weighted by molar-refractivity contribution is 0.0995. The molecule has 1 fully saturated rings. The number of carbonyl (C=O) groups is 1. The molecule has 0 radical (unpaired) electrons. The van der Waals surface area contributed by atoms with Gasteiger partial charge in [-0.2, -0.15) is 0 Å². The highest BCUT2D eigenvalue weighted by Crippen LogP contribution is 2.35. The zero-order valence-electron chi connectivity index (χ0n) is 11.2. The largest absolute Gasteiger partial charge is 0.364 e. The minimum absolute atomic E-state index is 0.200. The van der Waals surface area contributed by atoms with E-state index in [1.807, 2.05) is 6.20 Å². The van der Waals surface area contributed by atoms with Crippen molar-refractivity contribution in [1.82, 2.24) is 15.0 Å². The third-order valence-corrected chi connectivity index (χ3v) is 4.00. The van der Waals surface area contributed by atoms with Crippen molar-refractivity contribution in [2.24, 2.45) is 5.73 Å². The number of pyridine rings is 1. The monoisotopic (exact) mass is 347 g/mol. The number of aromatic nitrogens is 3. The Hall–Kier alpha value is -2.02. The molecule has 2 aromatic rings. The summed E-state index contributed by atoms with van der Waals surface area (Å²) in [6.07, 6.45) is 7.09. The minimum Gasteiger partial charge on any atom is -0.364 e. The third-order valence-electron chi connectivity index (χ3n) is 3.56. The van der Waals surface area contributed by atoms with E-state index in [9.17, 15) is 4.79 Å². The van der Waals surface area contributed by atoms with E-state index in [1.54, 1.807) is 12.3 Å². The van der Waals surface area contributed by atoms with Gasteiger partial charge in [0.25, 0.3) is 5.91 Å². The fraction of sp³-hybridized carbons (Fsp3) is 0.286. The molecule has 0 bridgehead atoms. The molecule has 1 atom stereocenters. The molecule has 6 nitrogen and oxygen atoms in total. The fourth-order valence-electron chi connectivity index (χ4n) is 2.64. The van der Waals surface area contributed by atoms with Gasteiger partial charge in [-0.05, 0) is 40.4 Å². The molecule has 1 aliphatic heterocycles. The Morgan fingerprint density at radius 1 is 1.33 bits per heavy atom. The number of rotatable bonds is 3. The third kappa shape index (κ3) is 2.87. The Morgan fingerprint density at radius 2 is 2.19 bits per heavy atom. The molecule has 1 saturated heterocycles. The molecule has 108 valence electrons. The van der Waals surface area contributed by atoms with E-state index in [0.717, 1.165) is 35.2 Å². The summed E-state index contributed by atoms with van der Waals surface area (Å²) in [6.45, 7) is 0.881. The first-order valence-electron chi connectivity index (χ1n) is 6.64. The predicted molar refractivity (Wildman–Crippen MR) is 81.8 cm³/mol. The summed E-state index contributed by atoms with van der Waals surface area (Å²) in [7, 11) is 0. The smallest absolute Gasteiger partial charge is 0.267 e. The molecule has 3 heterocycles. The molecule has 21 heavy (non-hydrogen) atoms. The molecule has 1 amide bonds. The van der Waals surface area contributed by atoms with Gasteiger partial charge in [0, 0.05) is 29.5 Å². The Morgan fingerprint density at radius 3 is 2.95 bits per heavy atom. The fourth-order valence-corrected chi connectivity index (χ4v) is 3.02. The number of primary amides is 1. The molecule has 7 heteroatoms. The lowest BCUT2D eigenvalue weighted by Crippen LogP contribution is -2.24. The van der Waals surface area contributed by atoms with E-state index in [-0.39, 0.29) is 11.7 Å². The number of nitrogens with two attached hydrogens (primary N) is 1. The summed E-state index contributed by atoms with van der Waals surface area (Å²) in [5, 5.41) is 0. The molecular formula is C14H14BrN5O. The molecule has 2 aromatic heterocycles. The Bertz CT molecular complexity index is 678. The van der Waals surface area contributed by atoms with E-state index in [1.165, 1.54) is 6.33 Å². The predicted octanol–water partition coefficient (Wildman–Crippen LogP) is 2.07. The van der Waals surface area contributed by atoms with E-state index in [0.29, 0.717) is 0 Å². The number of hydrogen-bond acceptors (Lipinski definition) is 5. The van der Waals surface area contributed by atoms with Gasteiger partial charge in [-0.15, -0.1) is 0 Å². The number of nitrogens with zero attached hydrogens (tertiary/aromatic N) is 4. The number of anilines is 1. The first-order valence-corrected chi connectivity index (χ1v) is 7.43. The van der Waals surface area contributed by atoms with Crippen LogP contribution in [0.5, 0.6) is 0 Å². The summed E-state index contributed by atoms with van der Waals surface area (Å²) in [4.78, 5) is 25.8. The van der Waals surface area contributed by atoms with Crippen LogP contribution in [-0.2, 0) is 0 Å². The minimum atomic E-state index is -0.543. The van der Waals surface area contributed by atoms with E-state index in [4.69, 9.17) is 5.73 Å². The van der Waals surface area contributed by atoms with Gasteiger partial charge >= 0.3 is 0 Å². The van der Waals surface area contributed by atoms with Crippen LogP contribution in [0.3, 0.4) is 0 Å². The van der Waals surface area contributed by atoms with Crippen molar-refractivity contribution in [2.45, 2.75) is 18.9 Å². The second kappa shape index (κ2) is 5.77. The SMILES string of the molecule is NC(=O)c1cc(N2CCCC2c2cncc(Br)c2)ncn1. The van der Waals surface area contributed by atoms with Crippen LogP contribution < -0.4 is 10.6 Å². The maximum atomic E-state index is 11.3. The topological polar surface area (TPSA) is 85.0 Å². The summed E-state index contributed by atoms with van der Waals surface area (Å²) in [5.74, 6) is 0.180. The van der Waals surface area contributed by atoms with Crippen LogP contribution in [0.15, 0.2) is 35.3 Å². The van der Waals surface area contributed by atoms with Crippen molar-refractivity contribution in [3.63, 3.8) is 0 Å². The van der Waals surface area contributed by atoms with Gasteiger partial charge in [-0.25, -0.2) is 9.97 Å². The summed E-state index contributed by atoms with van der Waals surface area (Å²) in [6, 6.07) is 3.91. The van der Waals surface area contributed by atoms with Gasteiger partial charge in [-0.1, -0.05) is 0 Å². The average molecular weight is 348 g/mol. The lowest BCUT2D eigenvalue weighted by atomic mass is 10.1. The molecule has 0 aromatic carbocycles. The first-order chi connectivity index (χ1) is 10.1. The average Bonchev–Trinajstić information content (AvgIpc) is 2.97. The molecule has 1 aliphatic rings. The van der Waals surface area contributed by atoms with E-state index < -0.39 is 5.91 Å². The van der Waals surface area contributed by atoms with Crippen LogP contribution in [-0.4, -0.2) is 27.4 Å². The molecule has 0 saturated carbocycles. The number of amides is 1. The molecule has 1 unspecified atom stereocenters. The standard InChI is InChI=1S/C14H14BrN5O/c15-10-4-9(6-17-7-10)12-2-1-3-20(12)13-5-11(14(16)21)18-8-19-13/h4-8,12H,1-3H2,(H2,16,21). The molecule has 0 aliphatic carbocycles. The van der Waals surface area contributed by atoms with Crippen molar-refractivity contribution in [3.05, 3.63) is 46.6 Å². The Kier molecular flexibility index (Phi) is 3.83. The Labute approximate surface area is 130 Å². The van der Waals surface area contributed by atoms with Crippen molar-refractivity contribution < 1.29 is 4.79 Å². The van der Waals surface area contributed by atoms with Crippen LogP contribution in [0, 0.1) is 0 Å². The highest BCUT2D eigenvalue weighted by molar-refractivity contribution is 9.10. The van der Waals surface area contributed by atoms with Gasteiger partial charge in [0.15, 0.2) is 0 Å². The van der Waals surface area contributed by atoms with Crippen LogP contribution >= 0.6 is 15.9 Å². The normalized spacial score (nSPS) is 18.0. The zero-order valence-corrected chi connectivity index (χ0v) is 12.8. The van der Waals surface area contributed by atoms with Gasteiger partial charge in [0.2, 0.25) is 0 Å². The second-order valence-corrected chi connectivity index (χ2v) is 5.83. The maximum absolute atomic E-state index is 11.3. The number of carbonyl (C=O) groups excluding carboxylic acids is 1. The molecule has 0 spiro atoms. The van der Waals surface area contributed by atoms with Crippen LogP contribution in [0.1, 0.15) is 34.9 Å². The van der Waals surface area contributed by atoms with E-state index in [2.05, 4.69) is 41.8 Å². The molecule has 2 N–H and O–H groups in total. The quantitative estimate of drug-likeness (QED) is 0.918. The maximum Gasteiger partial charge on any atom is 0.267 e. The second-order valence-electron chi connectivity index (χ2n) is 4.91. The summed E-state index contributed by atoms with van der Waals surface area (Å²) < 4.78 is 0.951. The number of hydrogen-bond donors (Lipinski definition) is 1. The van der Waals surface area contributed by atoms with Crippen molar-refractivity contribution in [3.8, 4) is 0 Å². The highest BCUT2D eigenvalue weighted by Gasteiger charge is 2.28. The van der Waals surface area contributed by atoms with Crippen LogP contribution in [0.4, 0.5) is 5.82 Å². The molecule has 3 rings (SSSR count). The van der Waals surface area contributed by atoms with Gasteiger partial charge in [0.1, 0.15) is 17.8 Å². The lowest BCUT2D eigenvalue weighted by Gasteiger charge is -2.26. The van der Waals surface area contributed by atoms with Crippen molar-refractivity contribution in [1.29, 1.82) is 0 Å². The van der Waals surface area contributed by atoms with Gasteiger partial charge < -0.3 is 10.6 Å². The first kappa shape index (κ1) is 13.9. The van der Waals surface area contributed by atoms with Crippen LogP contribution in [0.2, 0.25) is 0 Å². The van der Waals surface area contributed by atoms with E-state index >= 15 is 0 Å². The molecular weight excluding hydrogens is 334 g/mol. The zero-order chi connectivity index (χ0) is 14.8. The highest BCUT2D eigenvalue weighted by atomic mass is 79.9. The van der Waals surface area contributed by atoms with Crippen molar-refractivity contribution >= 4 is 27.7 Å². The summed E-state index contributed by atoms with van der Waals surface area (Å²) in [5.41, 5.74) is 6.64. The van der Waals surface area contributed by atoms with Gasteiger partial charge in [0.05, 0.1) is 6.04 Å². The number of halogens is 1. The van der Waals surface area contributed by atoms with Crippen LogP contribution in [0.25, 0.3) is 0 Å². The summed E-state index contributed by atoms with van der Waals surface area (Å²) >= 11 is 3.45.